The van der Waals surface area contributed by atoms with Crippen molar-refractivity contribution in [1.29, 1.82) is 0 Å². The van der Waals surface area contributed by atoms with Crippen LogP contribution in [0.25, 0.3) is 0 Å². The molecule has 0 spiro atoms. The summed E-state index contributed by atoms with van der Waals surface area (Å²) in [6, 6.07) is 4.87. The average molecular weight is 246 g/mol. The number of hydrogen-bond donors (Lipinski definition) is 1. The van der Waals surface area contributed by atoms with E-state index < -0.39 is 0 Å². The molecule has 0 aliphatic heterocycles. The summed E-state index contributed by atoms with van der Waals surface area (Å²) in [7, 11) is 0. The second-order valence-electron chi connectivity index (χ2n) is 6.60. The fourth-order valence-electron chi connectivity index (χ4n) is 3.16. The Labute approximate surface area is 111 Å². The van der Waals surface area contributed by atoms with E-state index in [-0.39, 0.29) is 0 Å². The minimum Gasteiger partial charge on any atom is -0.310 e. The van der Waals surface area contributed by atoms with Crippen molar-refractivity contribution in [2.45, 2.75) is 59.0 Å². The molecule has 2 nitrogen and oxygen atoms in total. The van der Waals surface area contributed by atoms with Crippen molar-refractivity contribution in [3.05, 3.63) is 30.1 Å². The van der Waals surface area contributed by atoms with Gasteiger partial charge in [0.25, 0.3) is 0 Å². The van der Waals surface area contributed by atoms with Crippen molar-refractivity contribution in [2.75, 3.05) is 0 Å². The molecule has 1 N–H and O–H groups in total. The van der Waals surface area contributed by atoms with E-state index in [9.17, 15) is 0 Å². The number of aromatic nitrogens is 1. The fourth-order valence-corrected chi connectivity index (χ4v) is 3.16. The van der Waals surface area contributed by atoms with Gasteiger partial charge in [-0.3, -0.25) is 4.98 Å². The van der Waals surface area contributed by atoms with Gasteiger partial charge in [0, 0.05) is 25.0 Å². The molecule has 1 heterocycles. The third kappa shape index (κ3) is 3.55. The molecule has 0 aromatic carbocycles. The second-order valence-corrected chi connectivity index (χ2v) is 6.60. The Bertz CT molecular complexity index is 353. The summed E-state index contributed by atoms with van der Waals surface area (Å²) in [6.45, 7) is 8.11. The first-order valence-electron chi connectivity index (χ1n) is 7.19. The summed E-state index contributed by atoms with van der Waals surface area (Å²) in [4.78, 5) is 4.07. The van der Waals surface area contributed by atoms with Gasteiger partial charge in [0.15, 0.2) is 0 Å². The van der Waals surface area contributed by atoms with E-state index in [2.05, 4.69) is 43.2 Å². The van der Waals surface area contributed by atoms with Crippen molar-refractivity contribution in [1.82, 2.24) is 10.3 Å². The molecule has 18 heavy (non-hydrogen) atoms. The van der Waals surface area contributed by atoms with E-state index in [0.717, 1.165) is 12.5 Å². The first kappa shape index (κ1) is 13.5. The standard InChI is InChI=1S/C16H26N2/c1-16(2,3)14-6-4-5-7-15(14)18-12-13-8-10-17-11-9-13/h8-11,14-15,18H,4-7,12H2,1-3H3. The van der Waals surface area contributed by atoms with Crippen LogP contribution in [0.1, 0.15) is 52.0 Å². The number of pyridine rings is 1. The third-order valence-electron chi connectivity index (χ3n) is 4.20. The van der Waals surface area contributed by atoms with E-state index >= 15 is 0 Å². The zero-order valence-corrected chi connectivity index (χ0v) is 11.9. The molecule has 0 amide bonds. The Balaban J connectivity index is 1.94. The van der Waals surface area contributed by atoms with Gasteiger partial charge in [0.05, 0.1) is 0 Å². The monoisotopic (exact) mass is 246 g/mol. The fraction of sp³-hybridized carbons (Fsp3) is 0.688. The van der Waals surface area contributed by atoms with Gasteiger partial charge >= 0.3 is 0 Å². The molecule has 2 heteroatoms. The van der Waals surface area contributed by atoms with E-state index in [1.165, 1.54) is 31.2 Å². The van der Waals surface area contributed by atoms with Crippen LogP contribution in [-0.2, 0) is 6.54 Å². The molecule has 2 atom stereocenters. The molecule has 1 aromatic rings. The SMILES string of the molecule is CC(C)(C)C1CCCCC1NCc1ccncc1. The van der Waals surface area contributed by atoms with Crippen molar-refractivity contribution < 1.29 is 0 Å². The van der Waals surface area contributed by atoms with Gasteiger partial charge in [0.2, 0.25) is 0 Å². The largest absolute Gasteiger partial charge is 0.310 e. The minimum atomic E-state index is 0.413. The molecule has 1 aliphatic rings. The Morgan fingerprint density at radius 3 is 2.50 bits per heavy atom. The predicted molar refractivity (Wildman–Crippen MR) is 76.3 cm³/mol. The highest BCUT2D eigenvalue weighted by Crippen LogP contribution is 2.38. The molecule has 100 valence electrons. The summed E-state index contributed by atoms with van der Waals surface area (Å²) in [6.07, 6.45) is 9.22. The number of hydrogen-bond acceptors (Lipinski definition) is 2. The predicted octanol–water partition coefficient (Wildman–Crippen LogP) is 3.78. The first-order chi connectivity index (χ1) is 8.57. The highest BCUT2D eigenvalue weighted by molar-refractivity contribution is 5.09. The van der Waals surface area contributed by atoms with Gasteiger partial charge in [-0.15, -0.1) is 0 Å². The maximum absolute atomic E-state index is 4.07. The molecule has 1 saturated carbocycles. The van der Waals surface area contributed by atoms with Crippen LogP contribution in [0, 0.1) is 11.3 Å². The van der Waals surface area contributed by atoms with E-state index in [0.29, 0.717) is 11.5 Å². The summed E-state index contributed by atoms with van der Waals surface area (Å²) in [5.41, 5.74) is 1.75. The summed E-state index contributed by atoms with van der Waals surface area (Å²) < 4.78 is 0. The third-order valence-corrected chi connectivity index (χ3v) is 4.20. The lowest BCUT2D eigenvalue weighted by atomic mass is 9.69. The Kier molecular flexibility index (Phi) is 4.39. The molecule has 0 radical (unpaired) electrons. The quantitative estimate of drug-likeness (QED) is 0.878. The van der Waals surface area contributed by atoms with Gasteiger partial charge in [-0.25, -0.2) is 0 Å². The van der Waals surface area contributed by atoms with Crippen LogP contribution in [0.5, 0.6) is 0 Å². The highest BCUT2D eigenvalue weighted by Gasteiger charge is 2.33. The lowest BCUT2D eigenvalue weighted by Gasteiger charge is -2.41. The van der Waals surface area contributed by atoms with Crippen LogP contribution < -0.4 is 5.32 Å². The van der Waals surface area contributed by atoms with Crippen LogP contribution in [0.15, 0.2) is 24.5 Å². The first-order valence-corrected chi connectivity index (χ1v) is 7.19. The molecular formula is C16H26N2. The number of nitrogens with zero attached hydrogens (tertiary/aromatic N) is 1. The maximum Gasteiger partial charge on any atom is 0.0271 e. The number of nitrogens with one attached hydrogen (secondary N) is 1. The van der Waals surface area contributed by atoms with E-state index in [1.54, 1.807) is 0 Å². The minimum absolute atomic E-state index is 0.413. The molecule has 0 saturated heterocycles. The number of rotatable bonds is 3. The van der Waals surface area contributed by atoms with Crippen molar-refractivity contribution in [3.8, 4) is 0 Å². The summed E-state index contributed by atoms with van der Waals surface area (Å²) >= 11 is 0. The molecule has 1 fully saturated rings. The lowest BCUT2D eigenvalue weighted by molar-refractivity contribution is 0.130. The molecule has 2 rings (SSSR count). The van der Waals surface area contributed by atoms with Gasteiger partial charge in [-0.1, -0.05) is 33.6 Å². The zero-order chi connectivity index (χ0) is 13.0. The zero-order valence-electron chi connectivity index (χ0n) is 11.9. The van der Waals surface area contributed by atoms with Crippen molar-refractivity contribution >= 4 is 0 Å². The van der Waals surface area contributed by atoms with Gasteiger partial charge in [-0.2, -0.15) is 0 Å². The molecule has 1 aromatic heterocycles. The van der Waals surface area contributed by atoms with E-state index in [4.69, 9.17) is 0 Å². The lowest BCUT2D eigenvalue weighted by Crippen LogP contribution is -2.43. The van der Waals surface area contributed by atoms with Crippen LogP contribution in [-0.4, -0.2) is 11.0 Å². The Hall–Kier alpha value is -0.890. The summed E-state index contributed by atoms with van der Waals surface area (Å²) in [5.74, 6) is 0.799. The van der Waals surface area contributed by atoms with Crippen LogP contribution >= 0.6 is 0 Å². The summed E-state index contributed by atoms with van der Waals surface area (Å²) in [5, 5.41) is 3.77. The van der Waals surface area contributed by atoms with Crippen LogP contribution in [0.4, 0.5) is 0 Å². The van der Waals surface area contributed by atoms with Crippen molar-refractivity contribution in [3.63, 3.8) is 0 Å². The second kappa shape index (κ2) is 5.83. The molecule has 2 unspecified atom stereocenters. The smallest absolute Gasteiger partial charge is 0.0271 e. The van der Waals surface area contributed by atoms with Crippen LogP contribution in [0.3, 0.4) is 0 Å². The topological polar surface area (TPSA) is 24.9 Å². The maximum atomic E-state index is 4.07. The van der Waals surface area contributed by atoms with Gasteiger partial charge in [-0.05, 0) is 41.9 Å². The molecule has 0 bridgehead atoms. The van der Waals surface area contributed by atoms with Gasteiger partial charge < -0.3 is 5.32 Å². The van der Waals surface area contributed by atoms with Crippen molar-refractivity contribution in [2.24, 2.45) is 11.3 Å². The Morgan fingerprint density at radius 1 is 1.17 bits per heavy atom. The molecule has 1 aliphatic carbocycles. The highest BCUT2D eigenvalue weighted by atomic mass is 14.9. The van der Waals surface area contributed by atoms with E-state index in [1.807, 2.05) is 12.4 Å². The molecular weight excluding hydrogens is 220 g/mol. The Morgan fingerprint density at radius 2 is 1.83 bits per heavy atom. The average Bonchev–Trinajstić information content (AvgIpc) is 2.37. The van der Waals surface area contributed by atoms with Gasteiger partial charge in [0.1, 0.15) is 0 Å². The van der Waals surface area contributed by atoms with Crippen LogP contribution in [0.2, 0.25) is 0 Å². The normalized spacial score (nSPS) is 25.1.